The number of benzene rings is 1. The fraction of sp³-hybridized carbons (Fsp3) is 0.308. The molecule has 0 fully saturated rings. The van der Waals surface area contributed by atoms with Gasteiger partial charge in [-0.25, -0.2) is 0 Å². The first-order chi connectivity index (χ1) is 7.69. The molecule has 2 N–H and O–H groups in total. The number of nitrogens with one attached hydrogen (secondary N) is 1. The quantitative estimate of drug-likeness (QED) is 0.723. The molecule has 86 valence electrons. The Labute approximate surface area is 95.8 Å². The third kappa shape index (κ3) is 3.12. The van der Waals surface area contributed by atoms with Crippen LogP contribution in [0.2, 0.25) is 0 Å². The van der Waals surface area contributed by atoms with Gasteiger partial charge in [0.05, 0.1) is 5.92 Å². The molecule has 1 aromatic rings. The van der Waals surface area contributed by atoms with Gasteiger partial charge in [0.25, 0.3) is 0 Å². The van der Waals surface area contributed by atoms with E-state index >= 15 is 0 Å². The van der Waals surface area contributed by atoms with Crippen molar-refractivity contribution in [3.05, 3.63) is 42.5 Å². The molecular weight excluding hydrogens is 202 g/mol. The third-order valence-corrected chi connectivity index (χ3v) is 2.47. The molecule has 1 aromatic carbocycles. The lowest BCUT2D eigenvalue weighted by atomic mass is 9.96. The molecule has 3 heteroatoms. The van der Waals surface area contributed by atoms with Gasteiger partial charge in [0, 0.05) is 12.2 Å². The molecule has 0 aliphatic heterocycles. The van der Waals surface area contributed by atoms with Gasteiger partial charge in [0.15, 0.2) is 0 Å². The van der Waals surface area contributed by atoms with Gasteiger partial charge >= 0.3 is 5.97 Å². The van der Waals surface area contributed by atoms with Gasteiger partial charge in [-0.2, -0.15) is 0 Å². The van der Waals surface area contributed by atoms with Crippen LogP contribution in [0.15, 0.2) is 36.9 Å². The molecule has 16 heavy (non-hydrogen) atoms. The van der Waals surface area contributed by atoms with Crippen LogP contribution in [0.4, 0.5) is 5.69 Å². The van der Waals surface area contributed by atoms with Crippen molar-refractivity contribution in [2.24, 2.45) is 0 Å². The molecule has 0 saturated heterocycles. The Morgan fingerprint density at radius 3 is 2.56 bits per heavy atom. The number of carbonyl (C=O) groups is 1. The van der Waals surface area contributed by atoms with Crippen molar-refractivity contribution in [1.82, 2.24) is 0 Å². The summed E-state index contributed by atoms with van der Waals surface area (Å²) in [6.45, 7) is 6.20. The Morgan fingerprint density at radius 1 is 1.50 bits per heavy atom. The van der Waals surface area contributed by atoms with Crippen molar-refractivity contribution in [3.8, 4) is 0 Å². The second-order valence-corrected chi connectivity index (χ2v) is 3.59. The third-order valence-electron chi connectivity index (χ3n) is 2.47. The number of hydrogen-bond donors (Lipinski definition) is 2. The van der Waals surface area contributed by atoms with Crippen LogP contribution in [-0.2, 0) is 4.79 Å². The molecular formula is C13H17NO2. The molecule has 0 aromatic heterocycles. The van der Waals surface area contributed by atoms with E-state index in [1.54, 1.807) is 6.08 Å². The SMILES string of the molecule is C=CCNc1ccc(C(CC)C(=O)O)cc1. The second kappa shape index (κ2) is 5.95. The van der Waals surface area contributed by atoms with Crippen LogP contribution in [0.3, 0.4) is 0 Å². The summed E-state index contributed by atoms with van der Waals surface area (Å²) in [4.78, 5) is 11.0. The summed E-state index contributed by atoms with van der Waals surface area (Å²) in [5.41, 5.74) is 1.82. The molecule has 1 unspecified atom stereocenters. The van der Waals surface area contributed by atoms with Gasteiger partial charge in [-0.15, -0.1) is 6.58 Å². The highest BCUT2D eigenvalue weighted by molar-refractivity contribution is 5.76. The zero-order valence-corrected chi connectivity index (χ0v) is 9.44. The molecule has 0 amide bonds. The Kier molecular flexibility index (Phi) is 4.58. The zero-order chi connectivity index (χ0) is 12.0. The maximum Gasteiger partial charge on any atom is 0.310 e. The minimum atomic E-state index is -0.769. The minimum absolute atomic E-state index is 0.409. The van der Waals surface area contributed by atoms with Gasteiger partial charge in [-0.05, 0) is 24.1 Å². The van der Waals surface area contributed by atoms with Crippen LogP contribution >= 0.6 is 0 Å². The second-order valence-electron chi connectivity index (χ2n) is 3.59. The lowest BCUT2D eigenvalue weighted by Crippen LogP contribution is -2.10. The molecule has 0 aliphatic carbocycles. The summed E-state index contributed by atoms with van der Waals surface area (Å²) in [7, 11) is 0. The van der Waals surface area contributed by atoms with E-state index in [-0.39, 0.29) is 0 Å². The van der Waals surface area contributed by atoms with E-state index in [0.29, 0.717) is 13.0 Å². The number of carboxylic acid groups (broad SMARTS) is 1. The minimum Gasteiger partial charge on any atom is -0.481 e. The van der Waals surface area contributed by atoms with Gasteiger partial charge < -0.3 is 10.4 Å². The average molecular weight is 219 g/mol. The molecule has 0 bridgehead atoms. The van der Waals surface area contributed by atoms with E-state index in [4.69, 9.17) is 5.11 Å². The van der Waals surface area contributed by atoms with Crippen molar-refractivity contribution in [3.63, 3.8) is 0 Å². The van der Waals surface area contributed by atoms with Crippen LogP contribution in [-0.4, -0.2) is 17.6 Å². The first-order valence-electron chi connectivity index (χ1n) is 5.36. The van der Waals surface area contributed by atoms with E-state index in [1.165, 1.54) is 0 Å². The summed E-state index contributed by atoms with van der Waals surface area (Å²) in [5, 5.41) is 12.2. The lowest BCUT2D eigenvalue weighted by Gasteiger charge is -2.11. The molecule has 1 atom stereocenters. The summed E-state index contributed by atoms with van der Waals surface area (Å²) in [6, 6.07) is 7.50. The molecule has 0 radical (unpaired) electrons. The van der Waals surface area contributed by atoms with Crippen molar-refractivity contribution in [2.45, 2.75) is 19.3 Å². The molecule has 0 saturated carbocycles. The Morgan fingerprint density at radius 2 is 2.12 bits per heavy atom. The first-order valence-corrected chi connectivity index (χ1v) is 5.36. The van der Waals surface area contributed by atoms with Crippen LogP contribution in [0.1, 0.15) is 24.8 Å². The molecule has 0 aliphatic rings. The summed E-state index contributed by atoms with van der Waals surface area (Å²) in [6.07, 6.45) is 2.38. The highest BCUT2D eigenvalue weighted by atomic mass is 16.4. The Hall–Kier alpha value is -1.77. The molecule has 0 heterocycles. The highest BCUT2D eigenvalue weighted by Gasteiger charge is 2.16. The van der Waals surface area contributed by atoms with Crippen LogP contribution in [0.25, 0.3) is 0 Å². The Balaban J connectivity index is 2.76. The number of anilines is 1. The van der Waals surface area contributed by atoms with Crippen molar-refractivity contribution >= 4 is 11.7 Å². The number of aliphatic carboxylic acids is 1. The summed E-state index contributed by atoms with van der Waals surface area (Å²) >= 11 is 0. The van der Waals surface area contributed by atoms with Crippen LogP contribution in [0.5, 0.6) is 0 Å². The maximum atomic E-state index is 11.0. The van der Waals surface area contributed by atoms with E-state index < -0.39 is 11.9 Å². The summed E-state index contributed by atoms with van der Waals surface area (Å²) in [5.74, 6) is -1.18. The monoisotopic (exact) mass is 219 g/mol. The van der Waals surface area contributed by atoms with Gasteiger partial charge in [-0.3, -0.25) is 4.79 Å². The standard InChI is InChI=1S/C13H17NO2/c1-3-9-14-11-7-5-10(6-8-11)12(4-2)13(15)16/h3,5-8,12,14H,1,4,9H2,2H3,(H,15,16). The molecule has 1 rings (SSSR count). The highest BCUT2D eigenvalue weighted by Crippen LogP contribution is 2.21. The predicted molar refractivity (Wildman–Crippen MR) is 65.8 cm³/mol. The topological polar surface area (TPSA) is 49.3 Å². The van der Waals surface area contributed by atoms with Crippen LogP contribution < -0.4 is 5.32 Å². The first kappa shape index (κ1) is 12.3. The van der Waals surface area contributed by atoms with Crippen LogP contribution in [0, 0.1) is 0 Å². The molecule has 3 nitrogen and oxygen atoms in total. The van der Waals surface area contributed by atoms with E-state index in [2.05, 4.69) is 11.9 Å². The van der Waals surface area contributed by atoms with Gasteiger partial charge in [0.1, 0.15) is 0 Å². The van der Waals surface area contributed by atoms with Crippen molar-refractivity contribution in [2.75, 3.05) is 11.9 Å². The summed E-state index contributed by atoms with van der Waals surface area (Å²) < 4.78 is 0. The normalized spacial score (nSPS) is 11.8. The number of hydrogen-bond acceptors (Lipinski definition) is 2. The maximum absolute atomic E-state index is 11.0. The van der Waals surface area contributed by atoms with Gasteiger partial charge in [-0.1, -0.05) is 25.1 Å². The van der Waals surface area contributed by atoms with Crippen molar-refractivity contribution < 1.29 is 9.90 Å². The average Bonchev–Trinajstić information content (AvgIpc) is 2.28. The largest absolute Gasteiger partial charge is 0.481 e. The van der Waals surface area contributed by atoms with Crippen molar-refractivity contribution in [1.29, 1.82) is 0 Å². The zero-order valence-electron chi connectivity index (χ0n) is 9.44. The predicted octanol–water partition coefficient (Wildman–Crippen LogP) is 2.86. The number of rotatable bonds is 6. The lowest BCUT2D eigenvalue weighted by molar-refractivity contribution is -0.138. The van der Waals surface area contributed by atoms with E-state index in [9.17, 15) is 4.79 Å². The van der Waals surface area contributed by atoms with Gasteiger partial charge in [0.2, 0.25) is 0 Å². The number of carboxylic acids is 1. The fourth-order valence-electron chi connectivity index (χ4n) is 1.58. The van der Waals surface area contributed by atoms with E-state index in [0.717, 1.165) is 11.3 Å². The van der Waals surface area contributed by atoms with E-state index in [1.807, 2.05) is 31.2 Å². The Bertz CT molecular complexity index is 357. The fourth-order valence-corrected chi connectivity index (χ4v) is 1.58. The molecule has 0 spiro atoms. The smallest absolute Gasteiger partial charge is 0.310 e.